The van der Waals surface area contributed by atoms with Crippen LogP contribution in [0.4, 0.5) is 18.9 Å². The molecule has 0 atom stereocenters. The average Bonchev–Trinajstić information content (AvgIpc) is 2.55. The summed E-state index contributed by atoms with van der Waals surface area (Å²) in [5.74, 6) is 0.539. The summed E-state index contributed by atoms with van der Waals surface area (Å²) in [5, 5.41) is 5.90. The fourth-order valence-electron chi connectivity index (χ4n) is 2.72. The van der Waals surface area contributed by atoms with E-state index in [2.05, 4.69) is 25.4 Å². The van der Waals surface area contributed by atoms with Crippen molar-refractivity contribution in [3.8, 4) is 0 Å². The normalized spacial score (nSPS) is 17.1. The van der Waals surface area contributed by atoms with E-state index in [0.717, 1.165) is 37.9 Å². The molecule has 1 heterocycles. The fourth-order valence-corrected chi connectivity index (χ4v) is 2.72. The largest absolute Gasteiger partial charge is 0.416 e. The van der Waals surface area contributed by atoms with Gasteiger partial charge in [-0.25, -0.2) is 0 Å². The Bertz CT molecular complexity index is 578. The Balaban J connectivity index is 2.27. The number of hydrogen-bond donors (Lipinski definition) is 2. The lowest BCUT2D eigenvalue weighted by Crippen LogP contribution is -2.45. The number of nitrogens with zero attached hydrogens (tertiary/aromatic N) is 3. The Morgan fingerprint density at radius 1 is 1.21 bits per heavy atom. The molecule has 1 aromatic rings. The Labute approximate surface area is 140 Å². The van der Waals surface area contributed by atoms with Crippen LogP contribution in [-0.4, -0.2) is 58.2 Å². The zero-order valence-electron chi connectivity index (χ0n) is 14.2. The van der Waals surface area contributed by atoms with E-state index in [9.17, 15) is 13.2 Å². The van der Waals surface area contributed by atoms with Crippen molar-refractivity contribution in [2.45, 2.75) is 12.7 Å². The lowest BCUT2D eigenvalue weighted by molar-refractivity contribution is -0.137. The number of nitrogens with one attached hydrogen (secondary N) is 2. The monoisotopic (exact) mass is 343 g/mol. The highest BCUT2D eigenvalue weighted by molar-refractivity contribution is 5.79. The van der Waals surface area contributed by atoms with Gasteiger partial charge >= 0.3 is 6.18 Å². The van der Waals surface area contributed by atoms with Crippen molar-refractivity contribution >= 4 is 11.6 Å². The summed E-state index contributed by atoms with van der Waals surface area (Å²) < 4.78 is 39.1. The molecule has 134 valence electrons. The highest BCUT2D eigenvalue weighted by Gasteiger charge is 2.31. The maximum absolute atomic E-state index is 13.0. The van der Waals surface area contributed by atoms with Gasteiger partial charge in [-0.2, -0.15) is 13.2 Å². The molecule has 0 spiro atoms. The molecule has 0 amide bonds. The van der Waals surface area contributed by atoms with E-state index in [1.165, 1.54) is 6.07 Å². The number of aliphatic imine (C=N–C) groups is 1. The standard InChI is InChI=1S/C16H24F3N5/c1-20-15(21-2)22-11-12-10-13(16(17,18)19)4-5-14(12)24-8-6-23(3)7-9-24/h4-5,10H,6-9,11H2,1-3H3,(H2,20,21,22). The van der Waals surface area contributed by atoms with E-state index in [1.54, 1.807) is 20.2 Å². The second-order valence-corrected chi connectivity index (χ2v) is 5.81. The van der Waals surface area contributed by atoms with Crippen molar-refractivity contribution in [2.24, 2.45) is 4.99 Å². The van der Waals surface area contributed by atoms with Crippen LogP contribution in [0.3, 0.4) is 0 Å². The quantitative estimate of drug-likeness (QED) is 0.648. The van der Waals surface area contributed by atoms with Gasteiger partial charge in [0.15, 0.2) is 5.96 Å². The predicted molar refractivity (Wildman–Crippen MR) is 90.4 cm³/mol. The SMILES string of the molecule is CN=C(NC)NCc1cc(C(F)(F)F)ccc1N1CCN(C)CC1. The molecule has 0 bridgehead atoms. The molecular formula is C16H24F3N5. The summed E-state index contributed by atoms with van der Waals surface area (Å²) >= 11 is 0. The number of rotatable bonds is 3. The van der Waals surface area contributed by atoms with Gasteiger partial charge in [0.1, 0.15) is 0 Å². The molecule has 0 aliphatic carbocycles. The first kappa shape index (κ1) is 18.4. The van der Waals surface area contributed by atoms with Gasteiger partial charge in [-0.1, -0.05) is 0 Å². The van der Waals surface area contributed by atoms with Crippen molar-refractivity contribution in [2.75, 3.05) is 52.2 Å². The molecule has 1 aliphatic rings. The number of alkyl halides is 3. The summed E-state index contributed by atoms with van der Waals surface area (Å²) in [5.41, 5.74) is 0.831. The van der Waals surface area contributed by atoms with Crippen LogP contribution in [0.2, 0.25) is 0 Å². The van der Waals surface area contributed by atoms with Crippen molar-refractivity contribution in [3.05, 3.63) is 29.3 Å². The Morgan fingerprint density at radius 3 is 2.42 bits per heavy atom. The molecule has 8 heteroatoms. The smallest absolute Gasteiger partial charge is 0.369 e. The zero-order chi connectivity index (χ0) is 17.7. The van der Waals surface area contributed by atoms with Crippen LogP contribution in [0, 0.1) is 0 Å². The maximum atomic E-state index is 13.0. The summed E-state index contributed by atoms with van der Waals surface area (Å²) in [6.45, 7) is 3.67. The van der Waals surface area contributed by atoms with Crippen molar-refractivity contribution in [3.63, 3.8) is 0 Å². The van der Waals surface area contributed by atoms with Gasteiger partial charge in [-0.3, -0.25) is 4.99 Å². The highest BCUT2D eigenvalue weighted by atomic mass is 19.4. The molecule has 0 radical (unpaired) electrons. The fraction of sp³-hybridized carbons (Fsp3) is 0.562. The van der Waals surface area contributed by atoms with E-state index in [0.29, 0.717) is 11.5 Å². The third-order valence-electron chi connectivity index (χ3n) is 4.16. The zero-order valence-corrected chi connectivity index (χ0v) is 14.2. The van der Waals surface area contributed by atoms with Gasteiger partial charge in [-0.15, -0.1) is 0 Å². The van der Waals surface area contributed by atoms with Crippen LogP contribution in [-0.2, 0) is 12.7 Å². The number of guanidine groups is 1. The van der Waals surface area contributed by atoms with E-state index >= 15 is 0 Å². The van der Waals surface area contributed by atoms with E-state index in [4.69, 9.17) is 0 Å². The summed E-state index contributed by atoms with van der Waals surface area (Å²) in [6, 6.07) is 3.96. The van der Waals surface area contributed by atoms with E-state index in [-0.39, 0.29) is 6.54 Å². The predicted octanol–water partition coefficient (Wildman–Crippen LogP) is 1.75. The highest BCUT2D eigenvalue weighted by Crippen LogP contribution is 2.33. The van der Waals surface area contributed by atoms with Crippen LogP contribution in [0.25, 0.3) is 0 Å². The lowest BCUT2D eigenvalue weighted by Gasteiger charge is -2.35. The molecule has 1 fully saturated rings. The van der Waals surface area contributed by atoms with Crippen LogP contribution in [0.1, 0.15) is 11.1 Å². The first-order valence-electron chi connectivity index (χ1n) is 7.87. The topological polar surface area (TPSA) is 42.9 Å². The second kappa shape index (κ2) is 7.74. The summed E-state index contributed by atoms with van der Waals surface area (Å²) in [6.07, 6.45) is -4.35. The first-order chi connectivity index (χ1) is 11.3. The van der Waals surface area contributed by atoms with Crippen LogP contribution >= 0.6 is 0 Å². The van der Waals surface area contributed by atoms with Crippen molar-refractivity contribution < 1.29 is 13.2 Å². The lowest BCUT2D eigenvalue weighted by atomic mass is 10.1. The van der Waals surface area contributed by atoms with E-state index < -0.39 is 11.7 Å². The van der Waals surface area contributed by atoms with Crippen LogP contribution in [0.5, 0.6) is 0 Å². The maximum Gasteiger partial charge on any atom is 0.416 e. The summed E-state index contributed by atoms with van der Waals surface area (Å²) in [4.78, 5) is 8.34. The Hall–Kier alpha value is -1.96. The molecule has 0 saturated carbocycles. The van der Waals surface area contributed by atoms with Gasteiger partial charge in [0, 0.05) is 52.5 Å². The number of piperazine rings is 1. The van der Waals surface area contributed by atoms with Crippen molar-refractivity contribution in [1.82, 2.24) is 15.5 Å². The number of benzene rings is 1. The molecule has 0 unspecified atom stereocenters. The summed E-state index contributed by atoms with van der Waals surface area (Å²) in [7, 11) is 5.37. The second-order valence-electron chi connectivity index (χ2n) is 5.81. The van der Waals surface area contributed by atoms with E-state index in [1.807, 2.05) is 7.05 Å². The Kier molecular flexibility index (Phi) is 5.93. The van der Waals surface area contributed by atoms with Gasteiger partial charge in [0.2, 0.25) is 0 Å². The van der Waals surface area contributed by atoms with Crippen molar-refractivity contribution in [1.29, 1.82) is 0 Å². The number of likely N-dealkylation sites (N-methyl/N-ethyl adjacent to an activating group) is 1. The third-order valence-corrected chi connectivity index (χ3v) is 4.16. The minimum absolute atomic E-state index is 0.277. The third kappa shape index (κ3) is 4.53. The molecule has 1 aliphatic heterocycles. The number of anilines is 1. The van der Waals surface area contributed by atoms with Crippen LogP contribution < -0.4 is 15.5 Å². The molecule has 2 rings (SSSR count). The van der Waals surface area contributed by atoms with Gasteiger partial charge < -0.3 is 20.4 Å². The number of hydrogen-bond acceptors (Lipinski definition) is 3. The van der Waals surface area contributed by atoms with Gasteiger partial charge in [0.25, 0.3) is 0 Å². The first-order valence-corrected chi connectivity index (χ1v) is 7.87. The average molecular weight is 343 g/mol. The molecule has 1 aromatic carbocycles. The van der Waals surface area contributed by atoms with Crippen LogP contribution in [0.15, 0.2) is 23.2 Å². The molecule has 5 nitrogen and oxygen atoms in total. The minimum atomic E-state index is -4.35. The molecule has 0 aromatic heterocycles. The molecule has 1 saturated heterocycles. The molecular weight excluding hydrogens is 319 g/mol. The molecule has 2 N–H and O–H groups in total. The van der Waals surface area contributed by atoms with Gasteiger partial charge in [0.05, 0.1) is 5.56 Å². The number of halogens is 3. The molecule has 24 heavy (non-hydrogen) atoms. The van der Waals surface area contributed by atoms with Gasteiger partial charge in [-0.05, 0) is 30.8 Å². The Morgan fingerprint density at radius 2 is 1.88 bits per heavy atom. The minimum Gasteiger partial charge on any atom is -0.369 e.